The Balaban J connectivity index is 3.05. The highest BCUT2D eigenvalue weighted by molar-refractivity contribution is 9.11. The summed E-state index contributed by atoms with van der Waals surface area (Å²) in [5, 5.41) is 6.09. The number of nitrogens with zero attached hydrogens (tertiary/aromatic N) is 2. The first-order valence-electron chi connectivity index (χ1n) is 10.7. The molecule has 0 aromatic rings. The van der Waals surface area contributed by atoms with E-state index in [0.717, 1.165) is 34.5 Å². The summed E-state index contributed by atoms with van der Waals surface area (Å²) in [4.78, 5) is 31.3. The van der Waals surface area contributed by atoms with Crippen molar-refractivity contribution >= 4 is 33.8 Å². The van der Waals surface area contributed by atoms with Crippen molar-refractivity contribution in [2.45, 2.75) is 59.0 Å². The topological polar surface area (TPSA) is 92.3 Å². The normalized spacial score (nSPS) is 16.4. The van der Waals surface area contributed by atoms with Crippen LogP contribution in [0, 0.1) is 5.92 Å². The number of alkyl carbamates (subject to hydrolysis) is 1. The molecule has 0 aliphatic heterocycles. The van der Waals surface area contributed by atoms with Crippen molar-refractivity contribution in [1.82, 2.24) is 15.5 Å². The standard InChI is InChI=1S/C22H37BrN4O4/c1-8-17(27(9-2)21(28)19(14(3)4)26-22(29)31-7)20(24-5)25-13-15-10-11-16(23)12-18(15)30-6/h12,14,17,19H,8-11,13H2,1-7H3,(H,24,25)(H,26,29). The number of hydrogen-bond donors (Lipinski definition) is 2. The van der Waals surface area contributed by atoms with Gasteiger partial charge in [-0.1, -0.05) is 36.7 Å². The summed E-state index contributed by atoms with van der Waals surface area (Å²) < 4.78 is 11.3. The molecule has 1 aliphatic rings. The van der Waals surface area contributed by atoms with Crippen molar-refractivity contribution in [2.24, 2.45) is 10.9 Å². The Labute approximate surface area is 194 Å². The lowest BCUT2D eigenvalue weighted by molar-refractivity contribution is -0.135. The molecule has 176 valence electrons. The molecule has 1 aliphatic carbocycles. The smallest absolute Gasteiger partial charge is 0.407 e. The molecule has 0 bridgehead atoms. The number of halogens is 1. The number of hydrogen-bond acceptors (Lipinski definition) is 5. The molecule has 0 saturated carbocycles. The number of carbonyl (C=O) groups is 2. The zero-order chi connectivity index (χ0) is 23.6. The maximum absolute atomic E-state index is 13.4. The second-order valence-electron chi connectivity index (χ2n) is 7.63. The average Bonchev–Trinajstić information content (AvgIpc) is 2.76. The molecule has 9 heteroatoms. The molecule has 2 amide bonds. The number of ether oxygens (including phenoxy) is 2. The summed E-state index contributed by atoms with van der Waals surface area (Å²) in [6.45, 7) is 8.82. The van der Waals surface area contributed by atoms with Gasteiger partial charge in [0.2, 0.25) is 5.91 Å². The number of allylic oxidation sites excluding steroid dienone is 2. The molecule has 8 nitrogen and oxygen atoms in total. The molecule has 2 N–H and O–H groups in total. The van der Waals surface area contributed by atoms with Gasteiger partial charge in [0.05, 0.1) is 20.3 Å². The van der Waals surface area contributed by atoms with Crippen LogP contribution in [0.25, 0.3) is 0 Å². The minimum atomic E-state index is -0.678. The van der Waals surface area contributed by atoms with Crippen LogP contribution in [0.15, 0.2) is 26.9 Å². The predicted molar refractivity (Wildman–Crippen MR) is 127 cm³/mol. The van der Waals surface area contributed by atoms with Crippen LogP contribution < -0.4 is 10.6 Å². The van der Waals surface area contributed by atoms with E-state index in [1.54, 1.807) is 19.1 Å². The van der Waals surface area contributed by atoms with Crippen molar-refractivity contribution in [3.8, 4) is 0 Å². The fourth-order valence-electron chi connectivity index (χ4n) is 3.60. The highest BCUT2D eigenvalue weighted by Gasteiger charge is 2.33. The third-order valence-corrected chi connectivity index (χ3v) is 5.96. The van der Waals surface area contributed by atoms with Crippen molar-refractivity contribution in [2.75, 3.05) is 34.4 Å². The number of amidine groups is 1. The second kappa shape index (κ2) is 13.4. The molecule has 0 heterocycles. The van der Waals surface area contributed by atoms with Crippen LogP contribution in [0.4, 0.5) is 4.79 Å². The Morgan fingerprint density at radius 2 is 1.94 bits per heavy atom. The first kappa shape index (κ1) is 27.0. The Morgan fingerprint density at radius 3 is 2.42 bits per heavy atom. The number of aliphatic imine (C=N–C) groups is 1. The van der Waals surface area contributed by atoms with E-state index in [9.17, 15) is 9.59 Å². The summed E-state index contributed by atoms with van der Waals surface area (Å²) in [5.74, 6) is 1.34. The molecule has 0 radical (unpaired) electrons. The lowest BCUT2D eigenvalue weighted by Gasteiger charge is -2.35. The number of rotatable bonds is 10. The van der Waals surface area contributed by atoms with E-state index in [4.69, 9.17) is 9.47 Å². The second-order valence-corrected chi connectivity index (χ2v) is 8.65. The summed E-state index contributed by atoms with van der Waals surface area (Å²) >= 11 is 3.54. The van der Waals surface area contributed by atoms with E-state index in [-0.39, 0.29) is 17.9 Å². The summed E-state index contributed by atoms with van der Waals surface area (Å²) in [7, 11) is 4.68. The van der Waals surface area contributed by atoms with Crippen molar-refractivity contribution in [3.63, 3.8) is 0 Å². The van der Waals surface area contributed by atoms with Crippen molar-refractivity contribution in [1.29, 1.82) is 0 Å². The van der Waals surface area contributed by atoms with Gasteiger partial charge in [-0.2, -0.15) is 0 Å². The number of amides is 2. The first-order chi connectivity index (χ1) is 14.7. The lowest BCUT2D eigenvalue weighted by Crippen LogP contribution is -2.57. The highest BCUT2D eigenvalue weighted by atomic mass is 79.9. The molecule has 1 rings (SSSR count). The largest absolute Gasteiger partial charge is 0.497 e. The molecule has 0 fully saturated rings. The van der Waals surface area contributed by atoms with Crippen LogP contribution in [0.2, 0.25) is 0 Å². The maximum atomic E-state index is 13.4. The van der Waals surface area contributed by atoms with Crippen LogP contribution in [-0.2, 0) is 14.3 Å². The van der Waals surface area contributed by atoms with Gasteiger partial charge in [0.15, 0.2) is 0 Å². The molecule has 0 aromatic carbocycles. The monoisotopic (exact) mass is 500 g/mol. The molecule has 31 heavy (non-hydrogen) atoms. The third-order valence-electron chi connectivity index (χ3n) is 5.34. The molecular formula is C22H37BrN4O4. The van der Waals surface area contributed by atoms with E-state index < -0.39 is 12.1 Å². The van der Waals surface area contributed by atoms with Gasteiger partial charge in [0, 0.05) is 20.1 Å². The summed E-state index contributed by atoms with van der Waals surface area (Å²) in [6, 6.07) is -0.913. The molecular weight excluding hydrogens is 464 g/mol. The lowest BCUT2D eigenvalue weighted by atomic mass is 10.0. The number of carbonyl (C=O) groups excluding carboxylic acids is 2. The molecule has 0 saturated heterocycles. The van der Waals surface area contributed by atoms with Gasteiger partial charge in [0.25, 0.3) is 0 Å². The SMILES string of the molecule is CCC(C(=NC)NCC1=C(OC)C=C(Br)CC1)N(CC)C(=O)C(NC(=O)OC)C(C)C. The van der Waals surface area contributed by atoms with Gasteiger partial charge in [-0.3, -0.25) is 9.79 Å². The van der Waals surface area contributed by atoms with Gasteiger partial charge in [-0.25, -0.2) is 4.79 Å². The van der Waals surface area contributed by atoms with Crippen LogP contribution in [0.5, 0.6) is 0 Å². The van der Waals surface area contributed by atoms with E-state index in [2.05, 4.69) is 31.6 Å². The highest BCUT2D eigenvalue weighted by Crippen LogP contribution is 2.27. The van der Waals surface area contributed by atoms with Gasteiger partial charge in [-0.15, -0.1) is 0 Å². The zero-order valence-corrected chi connectivity index (χ0v) is 21.3. The van der Waals surface area contributed by atoms with E-state index in [0.29, 0.717) is 19.5 Å². The predicted octanol–water partition coefficient (Wildman–Crippen LogP) is 3.59. The first-order valence-corrected chi connectivity index (χ1v) is 11.5. The minimum absolute atomic E-state index is 0.0879. The average molecular weight is 501 g/mol. The fraction of sp³-hybridized carbons (Fsp3) is 0.682. The third kappa shape index (κ3) is 7.55. The van der Waals surface area contributed by atoms with Crippen LogP contribution in [0.1, 0.15) is 47.0 Å². The van der Waals surface area contributed by atoms with E-state index in [1.807, 2.05) is 33.8 Å². The van der Waals surface area contributed by atoms with Crippen LogP contribution in [0.3, 0.4) is 0 Å². The van der Waals surface area contributed by atoms with Crippen molar-refractivity contribution < 1.29 is 19.1 Å². The van der Waals surface area contributed by atoms with Crippen LogP contribution in [-0.4, -0.2) is 69.2 Å². The van der Waals surface area contributed by atoms with Gasteiger partial charge < -0.3 is 25.0 Å². The maximum Gasteiger partial charge on any atom is 0.407 e. The molecule has 2 unspecified atom stereocenters. The van der Waals surface area contributed by atoms with E-state index in [1.165, 1.54) is 7.11 Å². The quantitative estimate of drug-likeness (QED) is 0.353. The molecule has 2 atom stereocenters. The summed E-state index contributed by atoms with van der Waals surface area (Å²) in [5.41, 5.74) is 1.16. The van der Waals surface area contributed by atoms with Gasteiger partial charge in [-0.05, 0) is 48.2 Å². The Bertz CT molecular complexity index is 718. The number of likely N-dealkylation sites (N-methyl/N-ethyl adjacent to an activating group) is 1. The fourth-order valence-corrected chi connectivity index (χ4v) is 4.01. The summed E-state index contributed by atoms with van der Waals surface area (Å²) in [6.07, 6.45) is 3.87. The zero-order valence-electron chi connectivity index (χ0n) is 19.8. The minimum Gasteiger partial charge on any atom is -0.497 e. The van der Waals surface area contributed by atoms with Crippen molar-refractivity contribution in [3.05, 3.63) is 21.9 Å². The van der Waals surface area contributed by atoms with E-state index >= 15 is 0 Å². The Morgan fingerprint density at radius 1 is 1.26 bits per heavy atom. The molecule has 0 spiro atoms. The van der Waals surface area contributed by atoms with Crippen LogP contribution >= 0.6 is 15.9 Å². The van der Waals surface area contributed by atoms with Gasteiger partial charge in [0.1, 0.15) is 17.6 Å². The van der Waals surface area contributed by atoms with Gasteiger partial charge >= 0.3 is 6.09 Å². The number of nitrogens with one attached hydrogen (secondary N) is 2. The Hall–Kier alpha value is -2.03. The number of methoxy groups -OCH3 is 2. The Kier molecular flexibility index (Phi) is 11.7. The molecule has 0 aromatic heterocycles.